The topological polar surface area (TPSA) is 94.6 Å². The zero-order chi connectivity index (χ0) is 19.1. The summed E-state index contributed by atoms with van der Waals surface area (Å²) in [6, 6.07) is 9.61. The van der Waals surface area contributed by atoms with E-state index in [2.05, 4.69) is 10.3 Å². The first-order valence-corrected chi connectivity index (χ1v) is 8.13. The van der Waals surface area contributed by atoms with Crippen LogP contribution in [0, 0.1) is 0 Å². The highest BCUT2D eigenvalue weighted by atomic mass is 16.5. The van der Waals surface area contributed by atoms with Gasteiger partial charge >= 0.3 is 5.97 Å². The van der Waals surface area contributed by atoms with Gasteiger partial charge in [0.1, 0.15) is 5.56 Å². The van der Waals surface area contributed by atoms with Crippen molar-refractivity contribution in [2.45, 2.75) is 26.9 Å². The van der Waals surface area contributed by atoms with E-state index in [1.165, 1.54) is 26.1 Å². The van der Waals surface area contributed by atoms with Gasteiger partial charge in [-0.2, -0.15) is 0 Å². The van der Waals surface area contributed by atoms with E-state index in [1.807, 2.05) is 0 Å². The van der Waals surface area contributed by atoms with E-state index < -0.39 is 18.0 Å². The van der Waals surface area contributed by atoms with Crippen LogP contribution in [0.4, 0.5) is 5.69 Å². The van der Waals surface area contributed by atoms with Crippen molar-refractivity contribution in [1.29, 1.82) is 0 Å². The highest BCUT2D eigenvalue weighted by Crippen LogP contribution is 2.17. The fraction of sp³-hybridized carbons (Fsp3) is 0.263. The lowest BCUT2D eigenvalue weighted by Gasteiger charge is -2.15. The van der Waals surface area contributed by atoms with Crippen LogP contribution < -0.4 is 10.1 Å². The van der Waals surface area contributed by atoms with Gasteiger partial charge < -0.3 is 14.8 Å². The summed E-state index contributed by atoms with van der Waals surface area (Å²) in [5.74, 6) is -1.18. The molecule has 0 spiro atoms. The number of carbonyl (C=O) groups excluding carboxylic acids is 3. The van der Waals surface area contributed by atoms with Gasteiger partial charge in [0.25, 0.3) is 5.91 Å². The number of nitrogens with zero attached hydrogens (tertiary/aromatic N) is 1. The second kappa shape index (κ2) is 8.75. The first-order chi connectivity index (χ1) is 12.4. The molecule has 0 aliphatic carbocycles. The summed E-state index contributed by atoms with van der Waals surface area (Å²) in [6.07, 6.45) is 0.457. The number of amides is 1. The number of aromatic nitrogens is 1. The number of nitrogens with one attached hydrogen (secondary N) is 1. The van der Waals surface area contributed by atoms with Gasteiger partial charge in [-0.3, -0.25) is 9.59 Å². The monoisotopic (exact) mass is 356 g/mol. The molecule has 1 aromatic heterocycles. The van der Waals surface area contributed by atoms with Crippen molar-refractivity contribution in [3.63, 3.8) is 0 Å². The maximum absolute atomic E-state index is 12.3. The van der Waals surface area contributed by atoms with E-state index in [0.717, 1.165) is 0 Å². The SMILES string of the molecule is CCOc1ncccc1C(=O)O[C@@H](C)C(=O)Nc1cccc(C(C)=O)c1. The predicted octanol–water partition coefficient (Wildman–Crippen LogP) is 2.87. The second-order valence-corrected chi connectivity index (χ2v) is 5.46. The maximum atomic E-state index is 12.3. The zero-order valence-electron chi connectivity index (χ0n) is 14.8. The standard InChI is InChI=1S/C19H20N2O5/c1-4-25-18-16(9-6-10-20-18)19(24)26-13(3)17(23)21-15-8-5-7-14(11-15)12(2)22/h5-11,13H,4H2,1-3H3,(H,21,23)/t13-/m0/s1. The predicted molar refractivity (Wildman–Crippen MR) is 95.4 cm³/mol. The normalized spacial score (nSPS) is 11.3. The molecule has 0 aliphatic heterocycles. The number of esters is 1. The fourth-order valence-electron chi connectivity index (χ4n) is 2.14. The van der Waals surface area contributed by atoms with Gasteiger partial charge in [0.2, 0.25) is 5.88 Å². The summed E-state index contributed by atoms with van der Waals surface area (Å²) in [7, 11) is 0. The number of benzene rings is 1. The van der Waals surface area contributed by atoms with E-state index in [-0.39, 0.29) is 17.2 Å². The Hall–Kier alpha value is -3.22. The van der Waals surface area contributed by atoms with E-state index in [4.69, 9.17) is 9.47 Å². The summed E-state index contributed by atoms with van der Waals surface area (Å²) in [6.45, 7) is 5.02. The van der Waals surface area contributed by atoms with E-state index in [0.29, 0.717) is 17.9 Å². The van der Waals surface area contributed by atoms with E-state index >= 15 is 0 Å². The third-order valence-electron chi connectivity index (χ3n) is 3.46. The van der Waals surface area contributed by atoms with Crippen LogP contribution in [-0.4, -0.2) is 35.4 Å². The first kappa shape index (κ1) is 19.1. The van der Waals surface area contributed by atoms with Crippen molar-refractivity contribution in [3.05, 3.63) is 53.7 Å². The lowest BCUT2D eigenvalue weighted by atomic mass is 10.1. The minimum Gasteiger partial charge on any atom is -0.477 e. The largest absolute Gasteiger partial charge is 0.477 e. The molecule has 7 nitrogen and oxygen atoms in total. The third kappa shape index (κ3) is 4.89. The van der Waals surface area contributed by atoms with Gasteiger partial charge in [-0.1, -0.05) is 12.1 Å². The van der Waals surface area contributed by atoms with Gasteiger partial charge in [0.05, 0.1) is 6.61 Å². The number of carbonyl (C=O) groups is 3. The molecule has 7 heteroatoms. The Balaban J connectivity index is 2.04. The minimum absolute atomic E-state index is 0.111. The quantitative estimate of drug-likeness (QED) is 0.605. The highest BCUT2D eigenvalue weighted by molar-refractivity contribution is 5.99. The highest BCUT2D eigenvalue weighted by Gasteiger charge is 2.22. The number of rotatable bonds is 7. The average molecular weight is 356 g/mol. The van der Waals surface area contributed by atoms with Crippen molar-refractivity contribution in [2.24, 2.45) is 0 Å². The summed E-state index contributed by atoms with van der Waals surface area (Å²) in [5.41, 5.74) is 1.07. The number of hydrogen-bond acceptors (Lipinski definition) is 6. The summed E-state index contributed by atoms with van der Waals surface area (Å²) >= 11 is 0. The van der Waals surface area contributed by atoms with Crippen LogP contribution in [0.1, 0.15) is 41.5 Å². The Morgan fingerprint density at radius 3 is 2.65 bits per heavy atom. The van der Waals surface area contributed by atoms with Crippen molar-refractivity contribution >= 4 is 23.3 Å². The molecular weight excluding hydrogens is 336 g/mol. The molecule has 0 unspecified atom stereocenters. The molecule has 1 amide bonds. The zero-order valence-corrected chi connectivity index (χ0v) is 14.8. The Bertz CT molecular complexity index is 819. The van der Waals surface area contributed by atoms with E-state index in [9.17, 15) is 14.4 Å². The van der Waals surface area contributed by atoms with Gasteiger partial charge in [-0.25, -0.2) is 9.78 Å². The molecular formula is C19H20N2O5. The molecule has 0 saturated carbocycles. The van der Waals surface area contributed by atoms with Gasteiger partial charge in [0.15, 0.2) is 11.9 Å². The number of ether oxygens (including phenoxy) is 2. The van der Waals surface area contributed by atoms with Crippen molar-refractivity contribution in [1.82, 2.24) is 4.98 Å². The van der Waals surface area contributed by atoms with Crippen molar-refractivity contribution in [2.75, 3.05) is 11.9 Å². The Kier molecular flexibility index (Phi) is 6.43. The molecule has 0 bridgehead atoms. The van der Waals surface area contributed by atoms with Crippen LogP contribution in [0.25, 0.3) is 0 Å². The Morgan fingerprint density at radius 1 is 1.19 bits per heavy atom. The molecule has 1 heterocycles. The minimum atomic E-state index is -1.04. The number of Topliss-reactive ketones (excluding diaryl/α,β-unsaturated/α-hetero) is 1. The number of ketones is 1. The van der Waals surface area contributed by atoms with Crippen molar-refractivity contribution in [3.8, 4) is 5.88 Å². The smallest absolute Gasteiger partial charge is 0.344 e. The maximum Gasteiger partial charge on any atom is 0.344 e. The molecule has 136 valence electrons. The molecule has 1 atom stereocenters. The lowest BCUT2D eigenvalue weighted by Crippen LogP contribution is -2.30. The van der Waals surface area contributed by atoms with Crippen LogP contribution in [0.3, 0.4) is 0 Å². The fourth-order valence-corrected chi connectivity index (χ4v) is 2.14. The van der Waals surface area contributed by atoms with Crippen LogP contribution in [0.15, 0.2) is 42.6 Å². The molecule has 0 saturated heterocycles. The Morgan fingerprint density at radius 2 is 1.96 bits per heavy atom. The average Bonchev–Trinajstić information content (AvgIpc) is 2.62. The number of pyridine rings is 1. The lowest BCUT2D eigenvalue weighted by molar-refractivity contribution is -0.123. The number of hydrogen-bond donors (Lipinski definition) is 1. The van der Waals surface area contributed by atoms with Gasteiger partial charge in [-0.05, 0) is 45.0 Å². The summed E-state index contributed by atoms with van der Waals surface area (Å²) in [5, 5.41) is 2.62. The summed E-state index contributed by atoms with van der Waals surface area (Å²) < 4.78 is 10.5. The molecule has 1 aromatic carbocycles. The number of anilines is 1. The third-order valence-corrected chi connectivity index (χ3v) is 3.46. The van der Waals surface area contributed by atoms with Gasteiger partial charge in [-0.15, -0.1) is 0 Å². The summed E-state index contributed by atoms with van der Waals surface area (Å²) in [4.78, 5) is 39.9. The first-order valence-electron chi connectivity index (χ1n) is 8.13. The van der Waals surface area contributed by atoms with Crippen molar-refractivity contribution < 1.29 is 23.9 Å². The molecule has 0 fully saturated rings. The molecule has 26 heavy (non-hydrogen) atoms. The van der Waals surface area contributed by atoms with Crippen LogP contribution in [-0.2, 0) is 9.53 Å². The molecule has 2 aromatic rings. The van der Waals surface area contributed by atoms with E-state index in [1.54, 1.807) is 37.3 Å². The van der Waals surface area contributed by atoms with Gasteiger partial charge in [0, 0.05) is 17.4 Å². The van der Waals surface area contributed by atoms with Crippen LogP contribution in [0.2, 0.25) is 0 Å². The van der Waals surface area contributed by atoms with Crippen LogP contribution in [0.5, 0.6) is 5.88 Å². The molecule has 0 radical (unpaired) electrons. The molecule has 0 aliphatic rings. The molecule has 2 rings (SSSR count). The van der Waals surface area contributed by atoms with Crippen LogP contribution >= 0.6 is 0 Å². The second-order valence-electron chi connectivity index (χ2n) is 5.46. The molecule has 1 N–H and O–H groups in total. The Labute approximate surface area is 151 Å².